The smallest absolute Gasteiger partial charge is 0.306 e. The maximum atomic E-state index is 12.2. The second-order valence-corrected chi connectivity index (χ2v) is 14.0. The van der Waals surface area contributed by atoms with Gasteiger partial charge < -0.3 is 14.2 Å². The molecule has 49 heavy (non-hydrogen) atoms. The van der Waals surface area contributed by atoms with E-state index in [1.54, 1.807) is 0 Å². The summed E-state index contributed by atoms with van der Waals surface area (Å²) in [6, 6.07) is 0. The van der Waals surface area contributed by atoms with Crippen LogP contribution < -0.4 is 0 Å². The number of carbonyl (C=O) groups is 3. The maximum Gasteiger partial charge on any atom is 0.306 e. The van der Waals surface area contributed by atoms with Crippen LogP contribution in [-0.2, 0) is 28.6 Å². The first-order valence-electron chi connectivity index (χ1n) is 20.7. The van der Waals surface area contributed by atoms with Crippen LogP contribution in [0.5, 0.6) is 0 Å². The van der Waals surface area contributed by atoms with Crippen LogP contribution in [0.15, 0.2) is 24.3 Å². The van der Waals surface area contributed by atoms with E-state index in [4.69, 9.17) is 14.2 Å². The maximum absolute atomic E-state index is 12.2. The fraction of sp³-hybridized carbons (Fsp3) is 0.837. The molecule has 286 valence electrons. The fourth-order valence-electron chi connectivity index (χ4n) is 6.30. The van der Waals surface area contributed by atoms with E-state index in [0.717, 1.165) is 108 Å². The van der Waals surface area contributed by atoms with E-state index in [-0.39, 0.29) is 24.0 Å². The molecule has 6 nitrogen and oxygen atoms in total. The highest BCUT2D eigenvalue weighted by Crippen LogP contribution is 2.19. The molecule has 0 amide bonds. The third-order valence-electron chi connectivity index (χ3n) is 9.86. The molecule has 0 unspecified atom stereocenters. The molecule has 0 aliphatic rings. The molecule has 0 aliphatic carbocycles. The molecule has 0 bridgehead atoms. The van der Waals surface area contributed by atoms with Gasteiger partial charge in [0, 0.05) is 19.3 Å². The number of carbonyl (C=O) groups excluding carboxylic acids is 3. The van der Waals surface area contributed by atoms with Crippen molar-refractivity contribution in [2.24, 2.45) is 11.8 Å². The Hall–Kier alpha value is -2.11. The van der Waals surface area contributed by atoms with Crippen molar-refractivity contribution in [1.29, 1.82) is 0 Å². The summed E-state index contributed by atoms with van der Waals surface area (Å²) in [4.78, 5) is 36.2. The molecule has 0 fully saturated rings. The van der Waals surface area contributed by atoms with E-state index in [9.17, 15) is 14.4 Å². The predicted octanol–water partition coefficient (Wildman–Crippen LogP) is 12.6. The van der Waals surface area contributed by atoms with E-state index in [2.05, 4.69) is 39.8 Å². The molecule has 6 heteroatoms. The summed E-state index contributed by atoms with van der Waals surface area (Å²) >= 11 is 0. The molecule has 0 N–H and O–H groups in total. The van der Waals surface area contributed by atoms with Gasteiger partial charge in [-0.25, -0.2) is 0 Å². The van der Waals surface area contributed by atoms with Gasteiger partial charge in [-0.2, -0.15) is 0 Å². The van der Waals surface area contributed by atoms with Crippen molar-refractivity contribution in [3.05, 3.63) is 24.3 Å². The van der Waals surface area contributed by atoms with E-state index in [1.807, 2.05) is 19.1 Å². The molecule has 0 atom stereocenters. The van der Waals surface area contributed by atoms with E-state index in [0.29, 0.717) is 32.5 Å². The topological polar surface area (TPSA) is 78.9 Å². The number of rotatable bonds is 35. The van der Waals surface area contributed by atoms with Crippen LogP contribution in [0.4, 0.5) is 0 Å². The zero-order chi connectivity index (χ0) is 36.2. The van der Waals surface area contributed by atoms with Crippen LogP contribution in [-0.4, -0.2) is 37.2 Å². The van der Waals surface area contributed by atoms with Crippen LogP contribution in [0.1, 0.15) is 202 Å². The minimum atomic E-state index is -0.106. The zero-order valence-electron chi connectivity index (χ0n) is 32.8. The Balaban J connectivity index is 3.95. The summed E-state index contributed by atoms with van der Waals surface area (Å²) in [6.45, 7) is 11.8. The molecule has 0 radical (unpaired) electrons. The van der Waals surface area contributed by atoms with Crippen LogP contribution in [0.3, 0.4) is 0 Å². The van der Waals surface area contributed by atoms with E-state index < -0.39 is 0 Å². The Morgan fingerprint density at radius 1 is 0.449 bits per heavy atom. The minimum Gasteiger partial charge on any atom is -0.462 e. The van der Waals surface area contributed by atoms with Gasteiger partial charge in [-0.1, -0.05) is 136 Å². The lowest BCUT2D eigenvalue weighted by Gasteiger charge is -2.18. The largest absolute Gasteiger partial charge is 0.462 e. The molecule has 0 spiro atoms. The molecule has 0 rings (SSSR count). The van der Waals surface area contributed by atoms with Gasteiger partial charge in [-0.15, -0.1) is 0 Å². The second kappa shape index (κ2) is 35.7. The van der Waals surface area contributed by atoms with Crippen LogP contribution in [0, 0.1) is 11.8 Å². The summed E-state index contributed by atoms with van der Waals surface area (Å²) in [6.07, 6.45) is 34.6. The first-order valence-corrected chi connectivity index (χ1v) is 20.7. The molecule has 0 aromatic heterocycles. The highest BCUT2D eigenvalue weighted by molar-refractivity contribution is 5.70. The van der Waals surface area contributed by atoms with Crippen LogP contribution in [0.25, 0.3) is 0 Å². The van der Waals surface area contributed by atoms with Gasteiger partial charge in [0.2, 0.25) is 0 Å². The quantitative estimate of drug-likeness (QED) is 0.0285. The standard InChI is InChI=1S/C43H78O6/c1-6-29-43(46)49-40(32-23-13-11-15-25-34-41(44)47-36-27-19-17-21-30-38(7-2)8-3)33-24-14-12-16-26-35-42(45)48-37-28-20-18-22-31-39(9-4)10-5/h19-20,27-28,38-40H,6-18,21-26,29-37H2,1-5H3/b27-19+,28-20+. The molecular formula is C43H78O6. The molecule has 0 saturated heterocycles. The van der Waals surface area contributed by atoms with Crippen molar-refractivity contribution in [3.8, 4) is 0 Å². The molecular weight excluding hydrogens is 612 g/mol. The summed E-state index contributed by atoms with van der Waals surface area (Å²) < 4.78 is 16.5. The minimum absolute atomic E-state index is 0.00968. The van der Waals surface area contributed by atoms with Gasteiger partial charge in [-0.3, -0.25) is 14.4 Å². The average Bonchev–Trinajstić information content (AvgIpc) is 3.09. The van der Waals surface area contributed by atoms with Gasteiger partial charge in [0.05, 0.1) is 0 Å². The lowest BCUT2D eigenvalue weighted by molar-refractivity contribution is -0.150. The summed E-state index contributed by atoms with van der Waals surface area (Å²) in [5, 5.41) is 0. The molecule has 0 aliphatic heterocycles. The van der Waals surface area contributed by atoms with Gasteiger partial charge in [0.1, 0.15) is 19.3 Å². The first-order chi connectivity index (χ1) is 23.9. The normalized spacial score (nSPS) is 11.8. The lowest BCUT2D eigenvalue weighted by atomic mass is 9.97. The van der Waals surface area contributed by atoms with Crippen LogP contribution >= 0.6 is 0 Å². The number of ether oxygens (including phenoxy) is 3. The van der Waals surface area contributed by atoms with Crippen molar-refractivity contribution in [2.45, 2.75) is 208 Å². The monoisotopic (exact) mass is 691 g/mol. The Labute approximate surface area is 303 Å². The van der Waals surface area contributed by atoms with Gasteiger partial charge >= 0.3 is 17.9 Å². The Morgan fingerprint density at radius 2 is 0.857 bits per heavy atom. The Bertz CT molecular complexity index is 768. The molecule has 0 aromatic carbocycles. The SMILES string of the molecule is CCCC(=O)OC(CCCCCCCC(=O)OC/C=C/CCCC(CC)CC)CCCCCCCC(=O)OC/C=C/CCCC(CC)CC. The van der Waals surface area contributed by atoms with Gasteiger partial charge in [-0.05, 0) is 82.5 Å². The summed E-state index contributed by atoms with van der Waals surface area (Å²) in [5.41, 5.74) is 0. The van der Waals surface area contributed by atoms with Gasteiger partial charge in [0.15, 0.2) is 0 Å². The average molecular weight is 691 g/mol. The molecule has 0 heterocycles. The second-order valence-electron chi connectivity index (χ2n) is 14.0. The predicted molar refractivity (Wildman–Crippen MR) is 205 cm³/mol. The van der Waals surface area contributed by atoms with E-state index >= 15 is 0 Å². The fourth-order valence-corrected chi connectivity index (χ4v) is 6.30. The third kappa shape index (κ3) is 31.6. The number of hydrogen-bond donors (Lipinski definition) is 0. The molecule has 0 saturated carbocycles. The van der Waals surface area contributed by atoms with Crippen molar-refractivity contribution in [2.75, 3.05) is 13.2 Å². The zero-order valence-corrected chi connectivity index (χ0v) is 32.8. The molecule has 0 aromatic rings. The highest BCUT2D eigenvalue weighted by Gasteiger charge is 2.14. The van der Waals surface area contributed by atoms with Crippen molar-refractivity contribution in [1.82, 2.24) is 0 Å². The van der Waals surface area contributed by atoms with Crippen molar-refractivity contribution in [3.63, 3.8) is 0 Å². The summed E-state index contributed by atoms with van der Waals surface area (Å²) in [5.74, 6) is 1.38. The Morgan fingerprint density at radius 3 is 1.27 bits per heavy atom. The number of esters is 3. The van der Waals surface area contributed by atoms with Gasteiger partial charge in [0.25, 0.3) is 0 Å². The highest BCUT2D eigenvalue weighted by atomic mass is 16.5. The lowest BCUT2D eigenvalue weighted by Crippen LogP contribution is -2.18. The number of hydrogen-bond acceptors (Lipinski definition) is 6. The Kier molecular flexibility index (Phi) is 34.2. The van der Waals surface area contributed by atoms with Crippen LogP contribution in [0.2, 0.25) is 0 Å². The van der Waals surface area contributed by atoms with E-state index in [1.165, 1.54) is 51.4 Å². The third-order valence-corrected chi connectivity index (χ3v) is 9.86. The first kappa shape index (κ1) is 46.9. The van der Waals surface area contributed by atoms with Crippen molar-refractivity contribution < 1.29 is 28.6 Å². The van der Waals surface area contributed by atoms with Crippen molar-refractivity contribution >= 4 is 17.9 Å². The number of allylic oxidation sites excluding steroid dienone is 2. The number of unbranched alkanes of at least 4 members (excludes halogenated alkanes) is 10. The summed E-state index contributed by atoms with van der Waals surface area (Å²) in [7, 11) is 0.